The molecule has 1 atom stereocenters. The number of nitro benzene ring substituents is 1. The Kier molecular flexibility index (Phi) is 5.92. The number of nitro groups is 1. The zero-order valence-corrected chi connectivity index (χ0v) is 11.5. The normalized spacial score (nSPS) is 11.8. The van der Waals surface area contributed by atoms with Gasteiger partial charge in [-0.15, -0.1) is 0 Å². The molecule has 0 saturated heterocycles. The minimum atomic E-state index is -0.549. The highest BCUT2D eigenvalue weighted by Gasteiger charge is 2.16. The third kappa shape index (κ3) is 4.51. The highest BCUT2D eigenvalue weighted by molar-refractivity contribution is 5.97. The first kappa shape index (κ1) is 15.9. The maximum atomic E-state index is 11.9. The van der Waals surface area contributed by atoms with Crippen molar-refractivity contribution in [3.05, 3.63) is 33.9 Å². The lowest BCUT2D eigenvalue weighted by atomic mass is 10.1. The Balaban J connectivity index is 2.70. The van der Waals surface area contributed by atoms with E-state index in [4.69, 9.17) is 9.84 Å². The highest BCUT2D eigenvalue weighted by atomic mass is 16.6. The van der Waals surface area contributed by atoms with Gasteiger partial charge in [-0.1, -0.05) is 0 Å². The van der Waals surface area contributed by atoms with Crippen molar-refractivity contribution >= 4 is 11.6 Å². The summed E-state index contributed by atoms with van der Waals surface area (Å²) in [5, 5.41) is 22.4. The molecule has 1 amide bonds. The number of aliphatic hydroxyl groups is 1. The van der Waals surface area contributed by atoms with Gasteiger partial charge in [0.2, 0.25) is 0 Å². The molecule has 0 aliphatic heterocycles. The molecule has 2 N–H and O–H groups in total. The Morgan fingerprint density at radius 3 is 2.80 bits per heavy atom. The molecule has 7 nitrogen and oxygen atoms in total. The summed E-state index contributed by atoms with van der Waals surface area (Å²) in [5.74, 6) is -0.199. The van der Waals surface area contributed by atoms with Crippen LogP contribution in [0.1, 0.15) is 30.1 Å². The standard InChI is InChI=1S/C13H18N2O5/c1-9(16)4-3-7-14-13(17)11-6-5-10(15(18)19)8-12(11)20-2/h5-6,8-9,16H,3-4,7H2,1-2H3,(H,14,17). The van der Waals surface area contributed by atoms with Crippen LogP contribution in [0.5, 0.6) is 5.75 Å². The summed E-state index contributed by atoms with van der Waals surface area (Å²) >= 11 is 0. The average molecular weight is 282 g/mol. The number of carbonyl (C=O) groups is 1. The summed E-state index contributed by atoms with van der Waals surface area (Å²) in [5.41, 5.74) is 0.114. The third-order valence-electron chi connectivity index (χ3n) is 2.72. The Morgan fingerprint density at radius 1 is 1.55 bits per heavy atom. The zero-order chi connectivity index (χ0) is 15.1. The topological polar surface area (TPSA) is 102 Å². The molecule has 0 spiro atoms. The van der Waals surface area contributed by atoms with Gasteiger partial charge in [-0.3, -0.25) is 14.9 Å². The molecule has 0 fully saturated rings. The molecular weight excluding hydrogens is 264 g/mol. The van der Waals surface area contributed by atoms with Crippen LogP contribution in [0.3, 0.4) is 0 Å². The fourth-order valence-electron chi connectivity index (χ4n) is 1.68. The quantitative estimate of drug-likeness (QED) is 0.448. The smallest absolute Gasteiger partial charge is 0.273 e. The Labute approximate surface area is 116 Å². The van der Waals surface area contributed by atoms with E-state index in [-0.39, 0.29) is 22.9 Å². The lowest BCUT2D eigenvalue weighted by Gasteiger charge is -2.09. The van der Waals surface area contributed by atoms with Gasteiger partial charge in [-0.25, -0.2) is 0 Å². The predicted octanol–water partition coefficient (Wildman–Crippen LogP) is 1.49. The molecule has 0 bridgehead atoms. The van der Waals surface area contributed by atoms with E-state index in [1.54, 1.807) is 6.92 Å². The van der Waals surface area contributed by atoms with Crippen LogP contribution in [0.4, 0.5) is 5.69 Å². The molecule has 1 aromatic rings. The molecule has 0 radical (unpaired) electrons. The maximum Gasteiger partial charge on any atom is 0.273 e. The number of hydrogen-bond acceptors (Lipinski definition) is 5. The second-order valence-electron chi connectivity index (χ2n) is 4.39. The van der Waals surface area contributed by atoms with Gasteiger partial charge in [0.25, 0.3) is 11.6 Å². The second-order valence-corrected chi connectivity index (χ2v) is 4.39. The van der Waals surface area contributed by atoms with E-state index in [0.29, 0.717) is 19.4 Å². The number of amides is 1. The van der Waals surface area contributed by atoms with E-state index in [2.05, 4.69) is 5.32 Å². The predicted molar refractivity (Wildman–Crippen MR) is 72.9 cm³/mol. The first-order chi connectivity index (χ1) is 9.45. The SMILES string of the molecule is COc1cc([N+](=O)[O-])ccc1C(=O)NCCCC(C)O. The number of ether oxygens (including phenoxy) is 1. The van der Waals surface area contributed by atoms with Crippen molar-refractivity contribution in [2.45, 2.75) is 25.9 Å². The summed E-state index contributed by atoms with van der Waals surface area (Å²) in [6.45, 7) is 2.10. The van der Waals surface area contributed by atoms with Crippen molar-refractivity contribution in [1.82, 2.24) is 5.32 Å². The van der Waals surface area contributed by atoms with E-state index >= 15 is 0 Å². The number of benzene rings is 1. The number of rotatable bonds is 7. The molecule has 7 heteroatoms. The van der Waals surface area contributed by atoms with Crippen molar-refractivity contribution in [3.63, 3.8) is 0 Å². The summed E-state index contributed by atoms with van der Waals surface area (Å²) in [6, 6.07) is 3.83. The minimum absolute atomic E-state index is 0.132. The minimum Gasteiger partial charge on any atom is -0.496 e. The van der Waals surface area contributed by atoms with Gasteiger partial charge >= 0.3 is 0 Å². The van der Waals surface area contributed by atoms with Crippen molar-refractivity contribution < 1.29 is 19.6 Å². The Morgan fingerprint density at radius 2 is 2.25 bits per heavy atom. The molecule has 0 aromatic heterocycles. The molecule has 1 rings (SSSR count). The largest absolute Gasteiger partial charge is 0.496 e. The van der Waals surface area contributed by atoms with Gasteiger partial charge in [0.05, 0.1) is 29.8 Å². The van der Waals surface area contributed by atoms with Crippen LogP contribution in [-0.2, 0) is 0 Å². The summed E-state index contributed by atoms with van der Waals surface area (Å²) in [4.78, 5) is 22.0. The molecule has 0 heterocycles. The van der Waals surface area contributed by atoms with E-state index in [1.165, 1.54) is 25.3 Å². The summed E-state index contributed by atoms with van der Waals surface area (Å²) < 4.78 is 5.00. The van der Waals surface area contributed by atoms with Gasteiger partial charge in [-0.05, 0) is 25.8 Å². The maximum absolute atomic E-state index is 11.9. The number of nitrogens with one attached hydrogen (secondary N) is 1. The van der Waals surface area contributed by atoms with Crippen LogP contribution in [-0.4, -0.2) is 35.7 Å². The Bertz CT molecular complexity index is 488. The van der Waals surface area contributed by atoms with E-state index < -0.39 is 11.0 Å². The number of carbonyl (C=O) groups excluding carboxylic acids is 1. The number of hydrogen-bond donors (Lipinski definition) is 2. The zero-order valence-electron chi connectivity index (χ0n) is 11.5. The van der Waals surface area contributed by atoms with Crippen molar-refractivity contribution in [2.24, 2.45) is 0 Å². The molecule has 110 valence electrons. The van der Waals surface area contributed by atoms with E-state index in [0.717, 1.165) is 0 Å². The van der Waals surface area contributed by atoms with Crippen LogP contribution < -0.4 is 10.1 Å². The fraction of sp³-hybridized carbons (Fsp3) is 0.462. The number of methoxy groups -OCH3 is 1. The molecule has 1 aromatic carbocycles. The van der Waals surface area contributed by atoms with Gasteiger partial charge in [-0.2, -0.15) is 0 Å². The van der Waals surface area contributed by atoms with Crippen LogP contribution in [0.2, 0.25) is 0 Å². The number of aliphatic hydroxyl groups excluding tert-OH is 1. The monoisotopic (exact) mass is 282 g/mol. The summed E-state index contributed by atoms with van der Waals surface area (Å²) in [6.07, 6.45) is 0.844. The third-order valence-corrected chi connectivity index (χ3v) is 2.72. The van der Waals surface area contributed by atoms with Crippen LogP contribution in [0.15, 0.2) is 18.2 Å². The number of nitrogens with zero attached hydrogens (tertiary/aromatic N) is 1. The molecule has 0 aliphatic rings. The van der Waals surface area contributed by atoms with Gasteiger partial charge in [0.15, 0.2) is 0 Å². The fourth-order valence-corrected chi connectivity index (χ4v) is 1.68. The first-order valence-corrected chi connectivity index (χ1v) is 6.24. The molecule has 1 unspecified atom stereocenters. The van der Waals surface area contributed by atoms with Crippen molar-refractivity contribution in [3.8, 4) is 5.75 Å². The molecule has 20 heavy (non-hydrogen) atoms. The van der Waals surface area contributed by atoms with E-state index in [1.807, 2.05) is 0 Å². The van der Waals surface area contributed by atoms with Gasteiger partial charge in [0, 0.05) is 12.6 Å². The second kappa shape index (κ2) is 7.44. The average Bonchev–Trinajstić information content (AvgIpc) is 2.42. The molecule has 0 saturated carbocycles. The van der Waals surface area contributed by atoms with E-state index in [9.17, 15) is 14.9 Å². The Hall–Kier alpha value is -2.15. The lowest BCUT2D eigenvalue weighted by molar-refractivity contribution is -0.384. The first-order valence-electron chi connectivity index (χ1n) is 6.24. The summed E-state index contributed by atoms with van der Waals surface area (Å²) in [7, 11) is 1.35. The van der Waals surface area contributed by atoms with Crippen LogP contribution in [0, 0.1) is 10.1 Å². The lowest BCUT2D eigenvalue weighted by Crippen LogP contribution is -2.25. The van der Waals surface area contributed by atoms with Crippen LogP contribution >= 0.6 is 0 Å². The van der Waals surface area contributed by atoms with Gasteiger partial charge < -0.3 is 15.2 Å². The van der Waals surface area contributed by atoms with Crippen molar-refractivity contribution in [1.29, 1.82) is 0 Å². The number of non-ortho nitro benzene ring substituents is 1. The molecular formula is C13H18N2O5. The van der Waals surface area contributed by atoms with Crippen LogP contribution in [0.25, 0.3) is 0 Å². The van der Waals surface area contributed by atoms with Crippen molar-refractivity contribution in [2.75, 3.05) is 13.7 Å². The molecule has 0 aliphatic carbocycles. The van der Waals surface area contributed by atoms with Gasteiger partial charge in [0.1, 0.15) is 5.75 Å². The highest BCUT2D eigenvalue weighted by Crippen LogP contribution is 2.24.